The molecule has 0 spiro atoms. The Kier molecular flexibility index (Phi) is 6.94. The summed E-state index contributed by atoms with van der Waals surface area (Å²) in [7, 11) is 0. The maximum atomic E-state index is 12.6. The van der Waals surface area contributed by atoms with Crippen molar-refractivity contribution < 1.29 is 4.79 Å². The number of amides is 1. The average molecular weight is 392 g/mol. The summed E-state index contributed by atoms with van der Waals surface area (Å²) in [6.45, 7) is 5.51. The summed E-state index contributed by atoms with van der Waals surface area (Å²) in [5, 5.41) is 0. The van der Waals surface area contributed by atoms with Gasteiger partial charge in [-0.05, 0) is 74.2 Å². The first-order valence-corrected chi connectivity index (χ1v) is 11.2. The quantitative estimate of drug-likeness (QED) is 0.720. The number of carbonyl (C=O) groups is 1. The number of pyridine rings is 1. The number of hydrogen-bond acceptors (Lipinski definition) is 3. The molecule has 0 radical (unpaired) electrons. The largest absolute Gasteiger partial charge is 0.342 e. The zero-order valence-corrected chi connectivity index (χ0v) is 17.4. The first kappa shape index (κ1) is 20.1. The van der Waals surface area contributed by atoms with E-state index in [1.165, 1.54) is 44.5 Å². The topological polar surface area (TPSA) is 36.4 Å². The Morgan fingerprint density at radius 2 is 1.66 bits per heavy atom. The third kappa shape index (κ3) is 5.66. The number of likely N-dealkylation sites (tertiary alicyclic amines) is 2. The van der Waals surface area contributed by atoms with Crippen molar-refractivity contribution in [1.82, 2.24) is 14.8 Å². The molecule has 0 saturated carbocycles. The Morgan fingerprint density at radius 3 is 2.41 bits per heavy atom. The average Bonchev–Trinajstić information content (AvgIpc) is 3.28. The summed E-state index contributed by atoms with van der Waals surface area (Å²) in [6, 6.07) is 14.8. The molecule has 0 unspecified atom stereocenters. The standard InChI is InChI=1S/C25H33N3O/c29-25(9-8-22-7-4-14-26-19-22)28-18-13-24(20-28)23-11-16-27(17-12-23)15-10-21-5-2-1-3-6-21/h1-7,14,19,23-24H,8-13,15-18,20H2/t24-/m1/s1. The Hall–Kier alpha value is -2.20. The minimum absolute atomic E-state index is 0.316. The smallest absolute Gasteiger partial charge is 0.222 e. The van der Waals surface area contributed by atoms with Crippen LogP contribution in [0.1, 0.15) is 36.8 Å². The summed E-state index contributed by atoms with van der Waals surface area (Å²) in [5.74, 6) is 1.81. The van der Waals surface area contributed by atoms with Crippen LogP contribution in [0.5, 0.6) is 0 Å². The lowest BCUT2D eigenvalue weighted by Gasteiger charge is -2.34. The predicted molar refractivity (Wildman–Crippen MR) is 117 cm³/mol. The second kappa shape index (κ2) is 10.0. The Balaban J connectivity index is 1.17. The van der Waals surface area contributed by atoms with Gasteiger partial charge in [0.05, 0.1) is 0 Å². The van der Waals surface area contributed by atoms with Gasteiger partial charge in [-0.3, -0.25) is 9.78 Å². The lowest BCUT2D eigenvalue weighted by molar-refractivity contribution is -0.130. The van der Waals surface area contributed by atoms with Crippen molar-refractivity contribution in [3.63, 3.8) is 0 Å². The summed E-state index contributed by atoms with van der Waals surface area (Å²) >= 11 is 0. The van der Waals surface area contributed by atoms with Gasteiger partial charge in [0, 0.05) is 38.4 Å². The molecule has 4 nitrogen and oxygen atoms in total. The van der Waals surface area contributed by atoms with E-state index in [-0.39, 0.29) is 0 Å². The van der Waals surface area contributed by atoms with Gasteiger partial charge >= 0.3 is 0 Å². The van der Waals surface area contributed by atoms with Gasteiger partial charge in [0.25, 0.3) is 0 Å². The second-order valence-electron chi connectivity index (χ2n) is 8.66. The van der Waals surface area contributed by atoms with Crippen LogP contribution in [0.3, 0.4) is 0 Å². The van der Waals surface area contributed by atoms with Crippen LogP contribution in [0.2, 0.25) is 0 Å². The lowest BCUT2D eigenvalue weighted by Crippen LogP contribution is -2.38. The van der Waals surface area contributed by atoms with Crippen molar-refractivity contribution in [2.75, 3.05) is 32.7 Å². The van der Waals surface area contributed by atoms with E-state index in [0.717, 1.165) is 37.4 Å². The van der Waals surface area contributed by atoms with Gasteiger partial charge < -0.3 is 9.80 Å². The molecule has 1 atom stereocenters. The van der Waals surface area contributed by atoms with Crippen molar-refractivity contribution in [3.05, 3.63) is 66.0 Å². The van der Waals surface area contributed by atoms with Gasteiger partial charge in [-0.2, -0.15) is 0 Å². The van der Waals surface area contributed by atoms with Crippen LogP contribution >= 0.6 is 0 Å². The monoisotopic (exact) mass is 391 g/mol. The molecule has 2 aliphatic rings. The van der Waals surface area contributed by atoms with Crippen molar-refractivity contribution in [2.45, 2.75) is 38.5 Å². The second-order valence-corrected chi connectivity index (χ2v) is 8.66. The predicted octanol–water partition coefficient (Wildman–Crippen LogP) is 3.82. The van der Waals surface area contributed by atoms with E-state index in [1.807, 2.05) is 12.3 Å². The minimum atomic E-state index is 0.316. The van der Waals surface area contributed by atoms with Crippen molar-refractivity contribution in [1.29, 1.82) is 0 Å². The van der Waals surface area contributed by atoms with Crippen LogP contribution in [0, 0.1) is 11.8 Å². The number of piperidine rings is 1. The summed E-state index contributed by atoms with van der Waals surface area (Å²) in [4.78, 5) is 21.5. The van der Waals surface area contributed by atoms with Gasteiger partial charge in [-0.25, -0.2) is 0 Å². The van der Waals surface area contributed by atoms with Gasteiger partial charge in [-0.15, -0.1) is 0 Å². The van der Waals surface area contributed by atoms with Crippen molar-refractivity contribution in [3.8, 4) is 0 Å². The molecule has 29 heavy (non-hydrogen) atoms. The Labute approximate surface area is 174 Å². The number of carbonyl (C=O) groups excluding carboxylic acids is 1. The molecule has 154 valence electrons. The zero-order valence-electron chi connectivity index (χ0n) is 17.4. The molecule has 1 aromatic heterocycles. The van der Waals surface area contributed by atoms with E-state index in [9.17, 15) is 4.79 Å². The zero-order chi connectivity index (χ0) is 19.9. The molecule has 0 N–H and O–H groups in total. The molecule has 4 heteroatoms. The van der Waals surface area contributed by atoms with Crippen molar-refractivity contribution >= 4 is 5.91 Å². The Bertz CT molecular complexity index is 756. The van der Waals surface area contributed by atoms with Crippen LogP contribution < -0.4 is 0 Å². The van der Waals surface area contributed by atoms with Crippen LogP contribution in [-0.4, -0.2) is 53.4 Å². The van der Waals surface area contributed by atoms with Crippen LogP contribution in [0.15, 0.2) is 54.9 Å². The highest BCUT2D eigenvalue weighted by Crippen LogP contribution is 2.32. The van der Waals surface area contributed by atoms with E-state index in [0.29, 0.717) is 18.2 Å². The molecule has 3 heterocycles. The van der Waals surface area contributed by atoms with Gasteiger partial charge in [0.1, 0.15) is 0 Å². The van der Waals surface area contributed by atoms with E-state index in [4.69, 9.17) is 0 Å². The fourth-order valence-electron chi connectivity index (χ4n) is 4.93. The van der Waals surface area contributed by atoms with E-state index in [2.05, 4.69) is 51.2 Å². The fourth-order valence-corrected chi connectivity index (χ4v) is 4.93. The molecule has 0 bridgehead atoms. The van der Waals surface area contributed by atoms with E-state index >= 15 is 0 Å². The van der Waals surface area contributed by atoms with E-state index < -0.39 is 0 Å². The SMILES string of the molecule is O=C(CCc1cccnc1)N1CC[C@@H](C2CCN(CCc3ccccc3)CC2)C1. The lowest BCUT2D eigenvalue weighted by atomic mass is 9.83. The van der Waals surface area contributed by atoms with Gasteiger partial charge in [0.15, 0.2) is 0 Å². The number of hydrogen-bond donors (Lipinski definition) is 0. The highest BCUT2D eigenvalue weighted by molar-refractivity contribution is 5.76. The number of benzene rings is 1. The maximum Gasteiger partial charge on any atom is 0.222 e. The normalized spacial score (nSPS) is 20.8. The molecule has 2 saturated heterocycles. The first-order chi connectivity index (χ1) is 14.3. The molecule has 2 fully saturated rings. The molecule has 4 rings (SSSR count). The number of nitrogens with zero attached hydrogens (tertiary/aromatic N) is 3. The van der Waals surface area contributed by atoms with E-state index in [1.54, 1.807) is 6.20 Å². The van der Waals surface area contributed by atoms with Crippen LogP contribution in [0.4, 0.5) is 0 Å². The maximum absolute atomic E-state index is 12.6. The molecule has 1 aromatic carbocycles. The van der Waals surface area contributed by atoms with Gasteiger partial charge in [-0.1, -0.05) is 36.4 Å². The fraction of sp³-hybridized carbons (Fsp3) is 0.520. The third-order valence-electron chi connectivity index (χ3n) is 6.79. The number of aromatic nitrogens is 1. The van der Waals surface area contributed by atoms with Crippen LogP contribution in [-0.2, 0) is 17.6 Å². The summed E-state index contributed by atoms with van der Waals surface area (Å²) < 4.78 is 0. The molecule has 2 aliphatic heterocycles. The molecule has 0 aliphatic carbocycles. The highest BCUT2D eigenvalue weighted by atomic mass is 16.2. The van der Waals surface area contributed by atoms with Gasteiger partial charge in [0.2, 0.25) is 5.91 Å². The molecular formula is C25H33N3O. The summed E-state index contributed by atoms with van der Waals surface area (Å²) in [5.41, 5.74) is 2.59. The number of aryl methyl sites for hydroxylation is 1. The molecule has 1 amide bonds. The van der Waals surface area contributed by atoms with Crippen molar-refractivity contribution in [2.24, 2.45) is 11.8 Å². The minimum Gasteiger partial charge on any atom is -0.342 e. The number of rotatable bonds is 7. The molecular weight excluding hydrogens is 358 g/mol. The Morgan fingerprint density at radius 1 is 0.897 bits per heavy atom. The highest BCUT2D eigenvalue weighted by Gasteiger charge is 2.33. The third-order valence-corrected chi connectivity index (χ3v) is 6.79. The molecule has 2 aromatic rings. The van der Waals surface area contributed by atoms with Crippen LogP contribution in [0.25, 0.3) is 0 Å². The summed E-state index contributed by atoms with van der Waals surface area (Å²) in [6.07, 6.45) is 9.97. The first-order valence-electron chi connectivity index (χ1n) is 11.2.